The van der Waals surface area contributed by atoms with Crippen LogP contribution >= 0.6 is 0 Å². The minimum atomic E-state index is -0.475. The molecule has 1 aromatic carbocycles. The van der Waals surface area contributed by atoms with Gasteiger partial charge in [0, 0.05) is 18.2 Å². The Hall–Kier alpha value is -1.75. The predicted molar refractivity (Wildman–Crippen MR) is 89.8 cm³/mol. The third kappa shape index (κ3) is 2.38. The van der Waals surface area contributed by atoms with Crippen LogP contribution in [0.5, 0.6) is 0 Å². The number of nitrogens with two attached hydrogens (primary N) is 1. The van der Waals surface area contributed by atoms with Crippen LogP contribution in [0.3, 0.4) is 0 Å². The van der Waals surface area contributed by atoms with Crippen LogP contribution in [-0.4, -0.2) is 34.2 Å². The van der Waals surface area contributed by atoms with Gasteiger partial charge in [-0.15, -0.1) is 0 Å². The second kappa shape index (κ2) is 5.71. The maximum atomic E-state index is 10.8. The molecule has 1 aromatic heterocycles. The molecule has 1 spiro atoms. The molecule has 2 heterocycles. The Labute approximate surface area is 137 Å². The zero-order chi connectivity index (χ0) is 15.9. The van der Waals surface area contributed by atoms with Crippen LogP contribution in [0.4, 0.5) is 0 Å². The summed E-state index contributed by atoms with van der Waals surface area (Å²) in [6, 6.07) is 14.1. The highest BCUT2D eigenvalue weighted by Gasteiger charge is 2.51. The Kier molecular flexibility index (Phi) is 3.68. The van der Waals surface area contributed by atoms with Crippen LogP contribution in [0, 0.1) is 0 Å². The molecule has 0 unspecified atom stereocenters. The highest BCUT2D eigenvalue weighted by Crippen LogP contribution is 2.50. The van der Waals surface area contributed by atoms with E-state index in [4.69, 9.17) is 5.73 Å². The number of rotatable bonds is 2. The van der Waals surface area contributed by atoms with Gasteiger partial charge in [0.2, 0.25) is 0 Å². The predicted octanol–water partition coefficient (Wildman–Crippen LogP) is 1.99. The average Bonchev–Trinajstić information content (AvgIpc) is 2.81. The summed E-state index contributed by atoms with van der Waals surface area (Å²) >= 11 is 0. The van der Waals surface area contributed by atoms with E-state index in [2.05, 4.69) is 34.1 Å². The summed E-state index contributed by atoms with van der Waals surface area (Å²) in [5, 5.41) is 10.8. The summed E-state index contributed by atoms with van der Waals surface area (Å²) in [4.78, 5) is 6.84. The third-order valence-electron chi connectivity index (χ3n) is 5.62. The van der Waals surface area contributed by atoms with Crippen molar-refractivity contribution in [1.82, 2.24) is 9.88 Å². The van der Waals surface area contributed by atoms with Crippen molar-refractivity contribution < 1.29 is 5.11 Å². The number of aliphatic hydroxyl groups excluding tert-OH is 1. The molecule has 1 aliphatic carbocycles. The van der Waals surface area contributed by atoms with E-state index in [0.717, 1.165) is 43.7 Å². The van der Waals surface area contributed by atoms with Crippen molar-refractivity contribution in [3.63, 3.8) is 0 Å². The highest BCUT2D eigenvalue weighted by atomic mass is 16.3. The van der Waals surface area contributed by atoms with Crippen LogP contribution < -0.4 is 5.73 Å². The number of fused-ring (bicyclic) bond motifs is 2. The summed E-state index contributed by atoms with van der Waals surface area (Å²) < 4.78 is 0. The number of hydrogen-bond donors (Lipinski definition) is 2. The van der Waals surface area contributed by atoms with E-state index in [1.54, 1.807) is 0 Å². The first kappa shape index (κ1) is 14.8. The van der Waals surface area contributed by atoms with Gasteiger partial charge >= 0.3 is 0 Å². The Morgan fingerprint density at radius 1 is 1.13 bits per heavy atom. The molecule has 4 heteroatoms. The number of aliphatic hydroxyl groups is 1. The van der Waals surface area contributed by atoms with Crippen molar-refractivity contribution in [2.45, 2.75) is 36.9 Å². The van der Waals surface area contributed by atoms with E-state index in [1.165, 1.54) is 5.56 Å². The van der Waals surface area contributed by atoms with Crippen molar-refractivity contribution in [3.05, 3.63) is 65.5 Å². The van der Waals surface area contributed by atoms with Gasteiger partial charge in [-0.05, 0) is 49.2 Å². The summed E-state index contributed by atoms with van der Waals surface area (Å²) in [6.45, 7) is 2.81. The quantitative estimate of drug-likeness (QED) is 0.890. The molecule has 0 radical (unpaired) electrons. The van der Waals surface area contributed by atoms with E-state index < -0.39 is 6.10 Å². The van der Waals surface area contributed by atoms with Gasteiger partial charge in [0.1, 0.15) is 0 Å². The molecule has 1 saturated heterocycles. The fourth-order valence-corrected chi connectivity index (χ4v) is 4.31. The van der Waals surface area contributed by atoms with E-state index in [9.17, 15) is 5.11 Å². The molecule has 3 N–H and O–H groups in total. The van der Waals surface area contributed by atoms with Gasteiger partial charge < -0.3 is 10.8 Å². The molecular formula is C19H23N3O. The third-order valence-corrected chi connectivity index (χ3v) is 5.62. The van der Waals surface area contributed by atoms with Crippen molar-refractivity contribution in [2.75, 3.05) is 13.1 Å². The lowest BCUT2D eigenvalue weighted by Gasteiger charge is -2.42. The summed E-state index contributed by atoms with van der Waals surface area (Å²) in [6.07, 6.45) is 3.27. The van der Waals surface area contributed by atoms with Crippen LogP contribution in [0.2, 0.25) is 0 Å². The van der Waals surface area contributed by atoms with E-state index in [1.807, 2.05) is 24.4 Å². The number of benzene rings is 1. The number of likely N-dealkylation sites (tertiary alicyclic amines) is 1. The van der Waals surface area contributed by atoms with Crippen molar-refractivity contribution >= 4 is 0 Å². The summed E-state index contributed by atoms with van der Waals surface area (Å²) in [5.41, 5.74) is 9.60. The maximum absolute atomic E-state index is 10.8. The first-order valence-corrected chi connectivity index (χ1v) is 8.36. The summed E-state index contributed by atoms with van der Waals surface area (Å²) in [5.74, 6) is 0. The Morgan fingerprint density at radius 3 is 2.61 bits per heavy atom. The second-order valence-corrected chi connectivity index (χ2v) is 6.81. The van der Waals surface area contributed by atoms with E-state index >= 15 is 0 Å². The van der Waals surface area contributed by atoms with Gasteiger partial charge in [-0.2, -0.15) is 0 Å². The first-order valence-electron chi connectivity index (χ1n) is 8.36. The minimum absolute atomic E-state index is 0.170. The monoisotopic (exact) mass is 309 g/mol. The topological polar surface area (TPSA) is 62.4 Å². The van der Waals surface area contributed by atoms with Crippen LogP contribution in [-0.2, 0) is 12.0 Å². The molecule has 0 bridgehead atoms. The van der Waals surface area contributed by atoms with Crippen molar-refractivity contribution in [3.8, 4) is 0 Å². The lowest BCUT2D eigenvalue weighted by Crippen LogP contribution is -2.48. The molecule has 0 amide bonds. The SMILES string of the molecule is N[C@@H]1c2ccccc2C2(CCN(Cc3ccccn3)CC2)[C@H]1O. The lowest BCUT2D eigenvalue weighted by atomic mass is 9.72. The molecule has 0 saturated carbocycles. The second-order valence-electron chi connectivity index (χ2n) is 6.81. The smallest absolute Gasteiger partial charge is 0.0830 e. The largest absolute Gasteiger partial charge is 0.390 e. The van der Waals surface area contributed by atoms with Crippen molar-refractivity contribution in [2.24, 2.45) is 5.73 Å². The van der Waals surface area contributed by atoms with Gasteiger partial charge in [-0.1, -0.05) is 30.3 Å². The highest BCUT2D eigenvalue weighted by molar-refractivity contribution is 5.45. The molecule has 1 fully saturated rings. The molecule has 2 aliphatic rings. The van der Waals surface area contributed by atoms with E-state index in [0.29, 0.717) is 0 Å². The van der Waals surface area contributed by atoms with E-state index in [-0.39, 0.29) is 11.5 Å². The first-order chi connectivity index (χ1) is 11.2. The number of piperidine rings is 1. The van der Waals surface area contributed by atoms with Crippen LogP contribution in [0.1, 0.15) is 35.7 Å². The Morgan fingerprint density at radius 2 is 1.87 bits per heavy atom. The van der Waals surface area contributed by atoms with Gasteiger partial charge in [0.15, 0.2) is 0 Å². The molecule has 2 atom stereocenters. The van der Waals surface area contributed by atoms with Crippen molar-refractivity contribution in [1.29, 1.82) is 0 Å². The number of aromatic nitrogens is 1. The number of nitrogens with zero attached hydrogens (tertiary/aromatic N) is 2. The Balaban J connectivity index is 1.53. The zero-order valence-electron chi connectivity index (χ0n) is 13.2. The fraction of sp³-hybridized carbons (Fsp3) is 0.421. The fourth-order valence-electron chi connectivity index (χ4n) is 4.31. The molecule has 2 aromatic rings. The van der Waals surface area contributed by atoms with Gasteiger partial charge in [-0.25, -0.2) is 0 Å². The van der Waals surface area contributed by atoms with Gasteiger partial charge in [0.05, 0.1) is 17.8 Å². The number of hydrogen-bond acceptors (Lipinski definition) is 4. The van der Waals surface area contributed by atoms with Crippen LogP contribution in [0.15, 0.2) is 48.7 Å². The normalized spacial score (nSPS) is 26.3. The Bertz CT molecular complexity index is 680. The molecule has 23 heavy (non-hydrogen) atoms. The van der Waals surface area contributed by atoms with Crippen LogP contribution in [0.25, 0.3) is 0 Å². The molecule has 1 aliphatic heterocycles. The number of pyridine rings is 1. The molecule has 4 rings (SSSR count). The molecule has 120 valence electrons. The maximum Gasteiger partial charge on any atom is 0.0830 e. The molecule has 4 nitrogen and oxygen atoms in total. The van der Waals surface area contributed by atoms with Gasteiger partial charge in [0.25, 0.3) is 0 Å². The van der Waals surface area contributed by atoms with Gasteiger partial charge in [-0.3, -0.25) is 9.88 Å². The average molecular weight is 309 g/mol. The minimum Gasteiger partial charge on any atom is -0.390 e. The lowest BCUT2D eigenvalue weighted by molar-refractivity contribution is 0.0268. The summed E-state index contributed by atoms with van der Waals surface area (Å²) in [7, 11) is 0. The standard InChI is InChI=1S/C19H23N3O/c20-17-15-6-1-2-7-16(15)19(18(17)23)8-11-22(12-9-19)13-14-5-3-4-10-21-14/h1-7,10,17-18,23H,8-9,11-13,20H2/t17-,18+/m1/s1. The molecular weight excluding hydrogens is 286 g/mol. The zero-order valence-corrected chi connectivity index (χ0v) is 13.2.